The lowest BCUT2D eigenvalue weighted by atomic mass is 10.2. The van der Waals surface area contributed by atoms with Crippen LogP contribution in [0.3, 0.4) is 0 Å². The van der Waals surface area contributed by atoms with Crippen LogP contribution in [0.15, 0.2) is 36.4 Å². The maximum absolute atomic E-state index is 12.4. The number of hydrogen-bond acceptors (Lipinski definition) is 5. The highest BCUT2D eigenvalue weighted by atomic mass is 35.5. The highest BCUT2D eigenvalue weighted by Crippen LogP contribution is 2.28. The molecule has 2 amide bonds. The third kappa shape index (κ3) is 4.83. The number of amides is 2. The van der Waals surface area contributed by atoms with Crippen LogP contribution in [-0.4, -0.2) is 41.1 Å². The number of halogens is 1. The summed E-state index contributed by atoms with van der Waals surface area (Å²) < 4.78 is 12.8. The molecule has 0 radical (unpaired) electrons. The van der Waals surface area contributed by atoms with Crippen molar-refractivity contribution in [2.75, 3.05) is 25.1 Å². The van der Waals surface area contributed by atoms with Crippen molar-refractivity contribution in [3.63, 3.8) is 0 Å². The van der Waals surface area contributed by atoms with Gasteiger partial charge in [-0.05, 0) is 50.2 Å². The van der Waals surface area contributed by atoms with Crippen LogP contribution in [-0.2, 0) is 11.8 Å². The zero-order valence-corrected chi connectivity index (χ0v) is 17.7. The van der Waals surface area contributed by atoms with Gasteiger partial charge in [-0.1, -0.05) is 11.6 Å². The van der Waals surface area contributed by atoms with Gasteiger partial charge in [0.1, 0.15) is 0 Å². The minimum Gasteiger partial charge on any atom is -0.490 e. The van der Waals surface area contributed by atoms with Gasteiger partial charge < -0.3 is 19.4 Å². The molecular formula is C21H23ClN4O4. The van der Waals surface area contributed by atoms with Crippen molar-refractivity contribution in [2.45, 2.75) is 13.8 Å². The predicted molar refractivity (Wildman–Crippen MR) is 115 cm³/mol. The predicted octanol–water partition coefficient (Wildman–Crippen LogP) is 3.39. The molecule has 0 atom stereocenters. The third-order valence-electron chi connectivity index (χ3n) is 4.31. The second-order valence-corrected chi connectivity index (χ2v) is 6.82. The van der Waals surface area contributed by atoms with Crippen molar-refractivity contribution >= 4 is 40.4 Å². The van der Waals surface area contributed by atoms with Crippen LogP contribution in [0.25, 0.3) is 11.0 Å². The molecule has 0 saturated heterocycles. The lowest BCUT2D eigenvalue weighted by Gasteiger charge is -2.12. The summed E-state index contributed by atoms with van der Waals surface area (Å²) >= 11 is 5.99. The van der Waals surface area contributed by atoms with Crippen molar-refractivity contribution in [2.24, 2.45) is 7.05 Å². The summed E-state index contributed by atoms with van der Waals surface area (Å²) in [5, 5.41) is 5.85. The second kappa shape index (κ2) is 9.49. The van der Waals surface area contributed by atoms with Gasteiger partial charge in [0, 0.05) is 17.6 Å². The number of imidazole rings is 1. The van der Waals surface area contributed by atoms with Crippen LogP contribution in [0.5, 0.6) is 11.5 Å². The highest BCUT2D eigenvalue weighted by molar-refractivity contribution is 6.31. The average Bonchev–Trinajstić information content (AvgIpc) is 3.02. The van der Waals surface area contributed by atoms with E-state index in [1.54, 1.807) is 41.9 Å². The first-order chi connectivity index (χ1) is 14.4. The Labute approximate surface area is 179 Å². The fourth-order valence-corrected chi connectivity index (χ4v) is 3.07. The number of fused-ring (bicyclic) bond motifs is 1. The minimum atomic E-state index is -0.399. The molecule has 1 aromatic heterocycles. The molecule has 0 saturated carbocycles. The van der Waals surface area contributed by atoms with E-state index in [2.05, 4.69) is 15.6 Å². The van der Waals surface area contributed by atoms with Crippen LogP contribution in [0.2, 0.25) is 5.02 Å². The van der Waals surface area contributed by atoms with Gasteiger partial charge in [-0.15, -0.1) is 0 Å². The normalized spacial score (nSPS) is 10.7. The lowest BCUT2D eigenvalue weighted by Crippen LogP contribution is -2.33. The van der Waals surface area contributed by atoms with Crippen molar-refractivity contribution in [1.29, 1.82) is 0 Å². The summed E-state index contributed by atoms with van der Waals surface area (Å²) in [6, 6.07) is 10.2. The molecular weight excluding hydrogens is 408 g/mol. The molecule has 0 bridgehead atoms. The van der Waals surface area contributed by atoms with Crippen LogP contribution in [0.1, 0.15) is 24.2 Å². The molecule has 2 N–H and O–H groups in total. The van der Waals surface area contributed by atoms with Crippen molar-refractivity contribution < 1.29 is 19.1 Å². The number of aromatic nitrogens is 2. The van der Waals surface area contributed by atoms with E-state index in [0.29, 0.717) is 46.8 Å². The van der Waals surface area contributed by atoms with Gasteiger partial charge in [-0.2, -0.15) is 0 Å². The Balaban J connectivity index is 1.64. The van der Waals surface area contributed by atoms with E-state index in [-0.39, 0.29) is 6.54 Å². The number of carbonyl (C=O) groups is 2. The zero-order valence-electron chi connectivity index (χ0n) is 17.0. The Kier molecular flexibility index (Phi) is 6.79. The maximum Gasteiger partial charge on any atom is 0.251 e. The average molecular weight is 431 g/mol. The molecule has 1 heterocycles. The molecule has 0 aliphatic carbocycles. The number of aryl methyl sites for hydroxylation is 1. The van der Waals surface area contributed by atoms with Crippen molar-refractivity contribution in [3.8, 4) is 11.5 Å². The Hall–Kier alpha value is -3.26. The molecule has 0 spiro atoms. The quantitative estimate of drug-likeness (QED) is 0.571. The molecule has 0 aliphatic heterocycles. The molecule has 3 aromatic rings. The summed E-state index contributed by atoms with van der Waals surface area (Å²) in [7, 11) is 1.78. The van der Waals surface area contributed by atoms with E-state index in [0.717, 1.165) is 5.52 Å². The van der Waals surface area contributed by atoms with Crippen molar-refractivity contribution in [1.82, 2.24) is 14.9 Å². The number of anilines is 1. The van der Waals surface area contributed by atoms with Gasteiger partial charge >= 0.3 is 0 Å². The second-order valence-electron chi connectivity index (χ2n) is 6.39. The van der Waals surface area contributed by atoms with E-state index in [4.69, 9.17) is 21.1 Å². The van der Waals surface area contributed by atoms with Gasteiger partial charge in [-0.25, -0.2) is 4.98 Å². The molecule has 0 unspecified atom stereocenters. The Morgan fingerprint density at radius 1 is 1.07 bits per heavy atom. The van der Waals surface area contributed by atoms with E-state index in [9.17, 15) is 9.59 Å². The summed E-state index contributed by atoms with van der Waals surface area (Å²) in [5.74, 6) is 0.617. The summed E-state index contributed by atoms with van der Waals surface area (Å²) in [4.78, 5) is 29.1. The van der Waals surface area contributed by atoms with E-state index < -0.39 is 11.8 Å². The number of ether oxygens (including phenoxy) is 2. The number of nitrogens with one attached hydrogen (secondary N) is 2. The summed E-state index contributed by atoms with van der Waals surface area (Å²) in [6.07, 6.45) is 0. The smallest absolute Gasteiger partial charge is 0.251 e. The van der Waals surface area contributed by atoms with Gasteiger partial charge in [0.15, 0.2) is 11.5 Å². The fourth-order valence-electron chi connectivity index (χ4n) is 2.91. The Bertz CT molecular complexity index is 1080. The molecule has 3 rings (SSSR count). The van der Waals surface area contributed by atoms with Gasteiger partial charge in [0.25, 0.3) is 5.91 Å². The number of benzene rings is 2. The molecule has 158 valence electrons. The first-order valence-electron chi connectivity index (χ1n) is 9.52. The highest BCUT2D eigenvalue weighted by Gasteiger charge is 2.15. The first kappa shape index (κ1) is 21.4. The van der Waals surface area contributed by atoms with Crippen molar-refractivity contribution in [3.05, 3.63) is 47.0 Å². The molecule has 30 heavy (non-hydrogen) atoms. The number of hydrogen-bond donors (Lipinski definition) is 2. The molecule has 2 aromatic carbocycles. The minimum absolute atomic E-state index is 0.208. The van der Waals surface area contributed by atoms with E-state index >= 15 is 0 Å². The fraction of sp³-hybridized carbons (Fsp3) is 0.286. The number of rotatable bonds is 8. The molecule has 9 heteroatoms. The van der Waals surface area contributed by atoms with Crippen LogP contribution >= 0.6 is 11.6 Å². The summed E-state index contributed by atoms with van der Waals surface area (Å²) in [5.41, 5.74) is 1.87. The van der Waals surface area contributed by atoms with Gasteiger partial charge in [-0.3, -0.25) is 14.9 Å². The molecule has 0 fully saturated rings. The topological polar surface area (TPSA) is 94.5 Å². The van der Waals surface area contributed by atoms with E-state index in [1.807, 2.05) is 19.9 Å². The maximum atomic E-state index is 12.4. The largest absolute Gasteiger partial charge is 0.490 e. The molecule has 8 nitrogen and oxygen atoms in total. The monoisotopic (exact) mass is 430 g/mol. The number of nitrogens with zero attached hydrogens (tertiary/aromatic N) is 2. The van der Waals surface area contributed by atoms with Crippen LogP contribution < -0.4 is 20.1 Å². The standard InChI is InChI=1S/C21H23ClN4O4/c1-4-29-17-9-6-13(10-18(17)30-5-2)20(28)23-12-19(27)25-21-24-15-11-14(22)7-8-16(15)26(21)3/h6-11H,4-5,12H2,1-3H3,(H,23,28)(H,24,25,27). The van der Waals surface area contributed by atoms with Gasteiger partial charge in [0.05, 0.1) is 30.8 Å². The van der Waals surface area contributed by atoms with Crippen LogP contribution in [0, 0.1) is 0 Å². The van der Waals surface area contributed by atoms with E-state index in [1.165, 1.54) is 0 Å². The number of carbonyl (C=O) groups excluding carboxylic acids is 2. The summed E-state index contributed by atoms with van der Waals surface area (Å²) in [6.45, 7) is 4.44. The SMILES string of the molecule is CCOc1ccc(C(=O)NCC(=O)Nc2nc3cc(Cl)ccc3n2C)cc1OCC. The van der Waals surface area contributed by atoms with Crippen LogP contribution in [0.4, 0.5) is 5.95 Å². The zero-order chi connectivity index (χ0) is 21.7. The molecule has 0 aliphatic rings. The first-order valence-corrected chi connectivity index (χ1v) is 9.90. The van der Waals surface area contributed by atoms with Gasteiger partial charge in [0.2, 0.25) is 11.9 Å². The lowest BCUT2D eigenvalue weighted by molar-refractivity contribution is -0.115. The Morgan fingerprint density at radius 2 is 1.80 bits per heavy atom. The third-order valence-corrected chi connectivity index (χ3v) is 4.54. The Morgan fingerprint density at radius 3 is 2.53 bits per heavy atom.